The Bertz CT molecular complexity index is 994. The van der Waals surface area contributed by atoms with Crippen molar-refractivity contribution in [2.45, 2.75) is 11.8 Å². The molecular formula is C15H12BrN3O3S. The second-order valence-electron chi connectivity index (χ2n) is 4.98. The number of sulfonamides is 1. The summed E-state index contributed by atoms with van der Waals surface area (Å²) in [4.78, 5) is 16.4. The smallest absolute Gasteiger partial charge is 0.252 e. The zero-order valence-corrected chi connectivity index (χ0v) is 14.4. The molecule has 0 bridgehead atoms. The Labute approximate surface area is 141 Å². The molecule has 8 heteroatoms. The third-order valence-corrected chi connectivity index (χ3v) is 5.03. The van der Waals surface area contributed by atoms with Gasteiger partial charge in [-0.1, -0.05) is 17.7 Å². The van der Waals surface area contributed by atoms with Crippen molar-refractivity contribution in [1.29, 1.82) is 0 Å². The van der Waals surface area contributed by atoms with Gasteiger partial charge >= 0.3 is 6.03 Å². The van der Waals surface area contributed by atoms with Crippen LogP contribution in [0.4, 0.5) is 4.79 Å². The highest BCUT2D eigenvalue weighted by molar-refractivity contribution is 9.10. The maximum absolute atomic E-state index is 12.3. The standard InChI is InChI=1S/C15H12BrN3O3S/c1-10-2-4-13(5-3-10)23(21,22)18-15(20)19-7-6-11-8-12(16)9-17-14(11)19/h2-9H,1H3,(H,18,20). The lowest BCUT2D eigenvalue weighted by Gasteiger charge is -2.08. The van der Waals surface area contributed by atoms with Crippen molar-refractivity contribution in [1.82, 2.24) is 14.3 Å². The first kappa shape index (κ1) is 15.7. The fraction of sp³-hybridized carbons (Fsp3) is 0.0667. The molecule has 0 spiro atoms. The zero-order chi connectivity index (χ0) is 16.6. The van der Waals surface area contributed by atoms with Gasteiger partial charge in [-0.3, -0.25) is 4.57 Å². The van der Waals surface area contributed by atoms with E-state index >= 15 is 0 Å². The van der Waals surface area contributed by atoms with Gasteiger partial charge in [0, 0.05) is 22.3 Å². The molecule has 0 aliphatic rings. The Morgan fingerprint density at radius 3 is 2.61 bits per heavy atom. The molecule has 0 unspecified atom stereocenters. The number of hydrogen-bond acceptors (Lipinski definition) is 4. The molecule has 1 N–H and O–H groups in total. The fourth-order valence-corrected chi connectivity index (χ4v) is 3.39. The Morgan fingerprint density at radius 1 is 1.22 bits per heavy atom. The minimum atomic E-state index is -3.94. The lowest BCUT2D eigenvalue weighted by Crippen LogP contribution is -2.33. The molecular weight excluding hydrogens is 382 g/mol. The van der Waals surface area contributed by atoms with E-state index in [-0.39, 0.29) is 4.90 Å². The molecule has 0 aliphatic heterocycles. The van der Waals surface area contributed by atoms with Crippen LogP contribution >= 0.6 is 15.9 Å². The van der Waals surface area contributed by atoms with Crippen LogP contribution in [0.5, 0.6) is 0 Å². The van der Waals surface area contributed by atoms with Crippen LogP contribution in [0.1, 0.15) is 5.56 Å². The third kappa shape index (κ3) is 3.13. The first-order chi connectivity index (χ1) is 10.9. The summed E-state index contributed by atoms with van der Waals surface area (Å²) in [5.41, 5.74) is 1.31. The molecule has 0 radical (unpaired) electrons. The number of fused-ring (bicyclic) bond motifs is 1. The average Bonchev–Trinajstić information content (AvgIpc) is 2.90. The number of aromatic nitrogens is 2. The van der Waals surface area contributed by atoms with Crippen molar-refractivity contribution in [3.05, 3.63) is 58.8 Å². The minimum absolute atomic E-state index is 0.0311. The van der Waals surface area contributed by atoms with Crippen LogP contribution in [-0.4, -0.2) is 24.0 Å². The first-order valence-electron chi connectivity index (χ1n) is 6.63. The van der Waals surface area contributed by atoms with Crippen molar-refractivity contribution in [3.8, 4) is 0 Å². The van der Waals surface area contributed by atoms with Crippen LogP contribution in [0, 0.1) is 6.92 Å². The van der Waals surface area contributed by atoms with E-state index in [0.29, 0.717) is 5.65 Å². The van der Waals surface area contributed by atoms with Gasteiger partial charge < -0.3 is 0 Å². The number of pyridine rings is 1. The molecule has 0 atom stereocenters. The van der Waals surface area contributed by atoms with Crippen LogP contribution in [0.2, 0.25) is 0 Å². The van der Waals surface area contributed by atoms with Crippen LogP contribution in [-0.2, 0) is 10.0 Å². The number of carbonyl (C=O) groups is 1. The number of hydrogen-bond donors (Lipinski definition) is 1. The molecule has 23 heavy (non-hydrogen) atoms. The van der Waals surface area contributed by atoms with Gasteiger partial charge in [0.1, 0.15) is 5.65 Å². The third-order valence-electron chi connectivity index (χ3n) is 3.26. The van der Waals surface area contributed by atoms with E-state index in [4.69, 9.17) is 0 Å². The molecule has 118 valence electrons. The molecule has 3 rings (SSSR count). The summed E-state index contributed by atoms with van der Waals surface area (Å²) in [6, 6.07) is 8.94. The van der Waals surface area contributed by atoms with E-state index in [1.807, 2.05) is 11.6 Å². The molecule has 0 saturated heterocycles. The maximum atomic E-state index is 12.3. The Morgan fingerprint density at radius 2 is 1.91 bits per heavy atom. The highest BCUT2D eigenvalue weighted by atomic mass is 79.9. The highest BCUT2D eigenvalue weighted by Crippen LogP contribution is 2.18. The van der Waals surface area contributed by atoms with E-state index in [2.05, 4.69) is 20.9 Å². The molecule has 6 nitrogen and oxygen atoms in total. The van der Waals surface area contributed by atoms with E-state index in [1.54, 1.807) is 30.5 Å². The average molecular weight is 394 g/mol. The first-order valence-corrected chi connectivity index (χ1v) is 8.91. The van der Waals surface area contributed by atoms with Gasteiger partial charge in [-0.2, -0.15) is 0 Å². The molecule has 1 aromatic carbocycles. The Hall–Kier alpha value is -2.19. The van der Waals surface area contributed by atoms with Crippen molar-refractivity contribution in [2.24, 2.45) is 0 Å². The van der Waals surface area contributed by atoms with E-state index in [1.165, 1.54) is 18.3 Å². The predicted molar refractivity (Wildman–Crippen MR) is 89.7 cm³/mol. The second-order valence-corrected chi connectivity index (χ2v) is 7.57. The van der Waals surface area contributed by atoms with E-state index in [0.717, 1.165) is 20.0 Å². The Balaban J connectivity index is 1.92. The normalized spacial score (nSPS) is 11.6. The van der Waals surface area contributed by atoms with E-state index < -0.39 is 16.1 Å². The summed E-state index contributed by atoms with van der Waals surface area (Å²) in [5, 5.41) is 0.724. The second kappa shape index (κ2) is 5.78. The summed E-state index contributed by atoms with van der Waals surface area (Å²) in [7, 11) is -3.94. The Kier molecular flexibility index (Phi) is 3.95. The summed E-state index contributed by atoms with van der Waals surface area (Å²) in [6.45, 7) is 1.85. The highest BCUT2D eigenvalue weighted by Gasteiger charge is 2.19. The van der Waals surface area contributed by atoms with Crippen LogP contribution in [0.15, 0.2) is 58.2 Å². The molecule has 3 aromatic rings. The van der Waals surface area contributed by atoms with Gasteiger partial charge in [-0.05, 0) is 47.1 Å². The molecule has 2 aromatic heterocycles. The largest absolute Gasteiger partial charge is 0.341 e. The van der Waals surface area contributed by atoms with Crippen molar-refractivity contribution < 1.29 is 13.2 Å². The van der Waals surface area contributed by atoms with Crippen LogP contribution in [0.25, 0.3) is 11.0 Å². The molecule has 2 heterocycles. The summed E-state index contributed by atoms with van der Waals surface area (Å²) < 4.78 is 28.5. The van der Waals surface area contributed by atoms with E-state index in [9.17, 15) is 13.2 Å². The van der Waals surface area contributed by atoms with Crippen molar-refractivity contribution in [3.63, 3.8) is 0 Å². The fourth-order valence-electron chi connectivity index (χ4n) is 2.10. The summed E-state index contributed by atoms with van der Waals surface area (Å²) in [5.74, 6) is 0. The van der Waals surface area contributed by atoms with Gasteiger partial charge in [0.05, 0.1) is 4.90 Å². The number of amides is 1. The van der Waals surface area contributed by atoms with Gasteiger partial charge in [-0.25, -0.2) is 22.9 Å². The number of benzene rings is 1. The quantitative estimate of drug-likeness (QED) is 0.725. The SMILES string of the molecule is Cc1ccc(S(=O)(=O)NC(=O)n2ccc3cc(Br)cnc32)cc1. The minimum Gasteiger partial charge on any atom is -0.252 e. The lowest BCUT2D eigenvalue weighted by atomic mass is 10.2. The predicted octanol–water partition coefficient (Wildman–Crippen LogP) is 3.05. The molecule has 1 amide bonds. The maximum Gasteiger partial charge on any atom is 0.341 e. The van der Waals surface area contributed by atoms with Crippen LogP contribution < -0.4 is 4.72 Å². The van der Waals surface area contributed by atoms with Gasteiger partial charge in [-0.15, -0.1) is 0 Å². The lowest BCUT2D eigenvalue weighted by molar-refractivity contribution is 0.248. The summed E-state index contributed by atoms with van der Waals surface area (Å²) >= 11 is 3.30. The van der Waals surface area contributed by atoms with Gasteiger partial charge in [0.2, 0.25) is 0 Å². The van der Waals surface area contributed by atoms with Gasteiger partial charge in [0.15, 0.2) is 0 Å². The monoisotopic (exact) mass is 393 g/mol. The van der Waals surface area contributed by atoms with Crippen LogP contribution in [0.3, 0.4) is 0 Å². The number of nitrogens with zero attached hydrogens (tertiary/aromatic N) is 2. The topological polar surface area (TPSA) is 81.1 Å². The molecule has 0 saturated carbocycles. The number of halogens is 1. The number of rotatable bonds is 2. The zero-order valence-electron chi connectivity index (χ0n) is 12.0. The summed E-state index contributed by atoms with van der Waals surface area (Å²) in [6.07, 6.45) is 3.02. The van der Waals surface area contributed by atoms with Crippen molar-refractivity contribution in [2.75, 3.05) is 0 Å². The number of aryl methyl sites for hydroxylation is 1. The van der Waals surface area contributed by atoms with Crippen molar-refractivity contribution >= 4 is 43.0 Å². The van der Waals surface area contributed by atoms with Gasteiger partial charge in [0.25, 0.3) is 10.0 Å². The molecule has 0 aliphatic carbocycles. The molecule has 0 fully saturated rings. The number of carbonyl (C=O) groups excluding carboxylic acids is 1. The number of nitrogens with one attached hydrogen (secondary N) is 1.